The molecule has 17 heavy (non-hydrogen) atoms. The van der Waals surface area contributed by atoms with E-state index in [0.717, 1.165) is 36.5 Å². The van der Waals surface area contributed by atoms with Crippen molar-refractivity contribution in [3.8, 4) is 0 Å². The van der Waals surface area contributed by atoms with Crippen molar-refractivity contribution >= 4 is 22.9 Å². The number of rotatable bonds is 4. The highest BCUT2D eigenvalue weighted by Crippen LogP contribution is 2.18. The largest absolute Gasteiger partial charge is 0.398 e. The quantitative estimate of drug-likeness (QED) is 0.853. The number of nitrogens with two attached hydrogens (primary N) is 1. The van der Waals surface area contributed by atoms with E-state index < -0.39 is 0 Å². The van der Waals surface area contributed by atoms with Gasteiger partial charge in [-0.15, -0.1) is 11.3 Å². The molecule has 0 unspecified atom stereocenters. The average molecular weight is 253 g/mol. The predicted octanol–water partition coefficient (Wildman–Crippen LogP) is 1.43. The van der Waals surface area contributed by atoms with Crippen molar-refractivity contribution in [3.05, 3.63) is 16.3 Å². The molecule has 0 bridgehead atoms. The molecule has 94 valence electrons. The van der Waals surface area contributed by atoms with E-state index in [0.29, 0.717) is 13.1 Å². The summed E-state index contributed by atoms with van der Waals surface area (Å²) in [5.74, 6) is 0.208. The van der Waals surface area contributed by atoms with Crippen molar-refractivity contribution in [3.63, 3.8) is 0 Å². The van der Waals surface area contributed by atoms with Crippen molar-refractivity contribution in [1.29, 1.82) is 0 Å². The lowest BCUT2D eigenvalue weighted by molar-refractivity contribution is -0.131. The molecule has 1 aromatic rings. The van der Waals surface area contributed by atoms with E-state index >= 15 is 0 Å². The van der Waals surface area contributed by atoms with Crippen LogP contribution in [0.4, 0.5) is 5.69 Å². The van der Waals surface area contributed by atoms with Crippen LogP contribution in [0, 0.1) is 0 Å². The Morgan fingerprint density at radius 2 is 2.18 bits per heavy atom. The maximum atomic E-state index is 11.8. The van der Waals surface area contributed by atoms with Crippen LogP contribution in [-0.4, -0.2) is 30.4 Å². The van der Waals surface area contributed by atoms with E-state index in [4.69, 9.17) is 5.73 Å². The Morgan fingerprint density at radius 1 is 1.41 bits per heavy atom. The summed E-state index contributed by atoms with van der Waals surface area (Å²) in [6, 6.07) is 1.90. The molecule has 3 N–H and O–H groups in total. The Kier molecular flexibility index (Phi) is 4.39. The number of hydrogen-bond acceptors (Lipinski definition) is 4. The number of likely N-dealkylation sites (tertiary alicyclic amines) is 1. The third-order valence-corrected chi connectivity index (χ3v) is 3.99. The molecule has 0 spiro atoms. The van der Waals surface area contributed by atoms with Crippen molar-refractivity contribution in [2.24, 2.45) is 0 Å². The van der Waals surface area contributed by atoms with Crippen molar-refractivity contribution < 1.29 is 4.79 Å². The Hall–Kier alpha value is -1.07. The molecule has 1 amide bonds. The summed E-state index contributed by atoms with van der Waals surface area (Å²) >= 11 is 1.62. The third-order valence-electron chi connectivity index (χ3n) is 3.05. The summed E-state index contributed by atoms with van der Waals surface area (Å²) in [6.45, 7) is 2.93. The molecule has 1 saturated heterocycles. The number of piperidine rings is 1. The first-order valence-corrected chi connectivity index (χ1v) is 6.95. The van der Waals surface area contributed by atoms with Crippen LogP contribution in [-0.2, 0) is 11.3 Å². The van der Waals surface area contributed by atoms with Crippen LogP contribution in [0.1, 0.15) is 24.1 Å². The fourth-order valence-corrected chi connectivity index (χ4v) is 2.80. The zero-order chi connectivity index (χ0) is 12.1. The second kappa shape index (κ2) is 6.02. The van der Waals surface area contributed by atoms with Crippen LogP contribution in [0.5, 0.6) is 0 Å². The van der Waals surface area contributed by atoms with Crippen LogP contribution in [0.25, 0.3) is 0 Å². The van der Waals surface area contributed by atoms with Gasteiger partial charge >= 0.3 is 0 Å². The molecule has 1 aliphatic heterocycles. The van der Waals surface area contributed by atoms with Gasteiger partial charge in [0.15, 0.2) is 0 Å². The number of nitrogens with one attached hydrogen (secondary N) is 1. The van der Waals surface area contributed by atoms with E-state index in [1.165, 1.54) is 6.42 Å². The number of hydrogen-bond donors (Lipinski definition) is 2. The lowest BCUT2D eigenvalue weighted by Gasteiger charge is -2.26. The van der Waals surface area contributed by atoms with Crippen LogP contribution in [0.2, 0.25) is 0 Å². The van der Waals surface area contributed by atoms with Gasteiger partial charge in [-0.05, 0) is 30.7 Å². The van der Waals surface area contributed by atoms with Gasteiger partial charge in [-0.25, -0.2) is 0 Å². The molecule has 0 radical (unpaired) electrons. The van der Waals surface area contributed by atoms with Gasteiger partial charge in [-0.3, -0.25) is 4.79 Å². The van der Waals surface area contributed by atoms with Gasteiger partial charge in [0.1, 0.15) is 0 Å². The zero-order valence-corrected chi connectivity index (χ0v) is 10.8. The fourth-order valence-electron chi connectivity index (χ4n) is 2.03. The van der Waals surface area contributed by atoms with Gasteiger partial charge in [0.05, 0.1) is 6.54 Å². The zero-order valence-electron chi connectivity index (χ0n) is 9.95. The molecule has 1 aliphatic rings. The number of nitrogen functional groups attached to an aromatic ring is 1. The predicted molar refractivity (Wildman–Crippen MR) is 70.9 cm³/mol. The summed E-state index contributed by atoms with van der Waals surface area (Å²) in [4.78, 5) is 14.9. The molecule has 1 fully saturated rings. The first-order chi connectivity index (χ1) is 8.27. The monoisotopic (exact) mass is 253 g/mol. The van der Waals surface area contributed by atoms with Crippen LogP contribution < -0.4 is 11.1 Å². The van der Waals surface area contributed by atoms with E-state index in [2.05, 4.69) is 5.32 Å². The normalized spacial score (nSPS) is 16.1. The van der Waals surface area contributed by atoms with Crippen molar-refractivity contribution in [1.82, 2.24) is 10.2 Å². The molecule has 5 heteroatoms. The molecular weight excluding hydrogens is 234 g/mol. The SMILES string of the molecule is Nc1ccsc1CNCC(=O)N1CCCCC1. The van der Waals surface area contributed by atoms with E-state index in [1.54, 1.807) is 11.3 Å². The maximum absolute atomic E-state index is 11.8. The summed E-state index contributed by atoms with van der Waals surface area (Å²) in [7, 11) is 0. The minimum absolute atomic E-state index is 0.208. The van der Waals surface area contributed by atoms with E-state index in [1.807, 2.05) is 16.3 Å². The molecule has 4 nitrogen and oxygen atoms in total. The number of thiophene rings is 1. The molecule has 1 aromatic heterocycles. The van der Waals surface area contributed by atoms with Crippen molar-refractivity contribution in [2.45, 2.75) is 25.8 Å². The van der Waals surface area contributed by atoms with Crippen molar-refractivity contribution in [2.75, 3.05) is 25.4 Å². The Balaban J connectivity index is 1.71. The lowest BCUT2D eigenvalue weighted by Crippen LogP contribution is -2.40. The summed E-state index contributed by atoms with van der Waals surface area (Å²) in [5, 5.41) is 5.14. The van der Waals surface area contributed by atoms with E-state index in [9.17, 15) is 4.79 Å². The number of amides is 1. The summed E-state index contributed by atoms with van der Waals surface area (Å²) in [5.41, 5.74) is 6.59. The van der Waals surface area contributed by atoms with Gasteiger partial charge in [0.25, 0.3) is 0 Å². The second-order valence-electron chi connectivity index (χ2n) is 4.34. The highest BCUT2D eigenvalue weighted by molar-refractivity contribution is 7.10. The summed E-state index contributed by atoms with van der Waals surface area (Å²) in [6.07, 6.45) is 3.54. The van der Waals surface area contributed by atoms with Crippen LogP contribution >= 0.6 is 11.3 Å². The smallest absolute Gasteiger partial charge is 0.236 e. The topological polar surface area (TPSA) is 58.4 Å². The van der Waals surface area contributed by atoms with Crippen LogP contribution in [0.15, 0.2) is 11.4 Å². The molecule has 2 heterocycles. The molecule has 0 atom stereocenters. The average Bonchev–Trinajstić information content (AvgIpc) is 2.76. The maximum Gasteiger partial charge on any atom is 0.236 e. The Morgan fingerprint density at radius 3 is 2.82 bits per heavy atom. The number of carbonyl (C=O) groups excluding carboxylic acids is 1. The number of anilines is 1. The molecule has 0 aromatic carbocycles. The number of nitrogens with zero attached hydrogens (tertiary/aromatic N) is 1. The standard InChI is InChI=1S/C12H19N3OS/c13-10-4-7-17-11(10)8-14-9-12(16)15-5-2-1-3-6-15/h4,7,14H,1-3,5-6,8-9,13H2. The van der Waals surface area contributed by atoms with Gasteiger partial charge in [-0.1, -0.05) is 0 Å². The minimum Gasteiger partial charge on any atom is -0.398 e. The highest BCUT2D eigenvalue weighted by Gasteiger charge is 2.15. The van der Waals surface area contributed by atoms with Gasteiger partial charge in [0.2, 0.25) is 5.91 Å². The minimum atomic E-state index is 0.208. The van der Waals surface area contributed by atoms with Gasteiger partial charge in [0, 0.05) is 30.2 Å². The second-order valence-corrected chi connectivity index (χ2v) is 5.34. The van der Waals surface area contributed by atoms with Crippen LogP contribution in [0.3, 0.4) is 0 Å². The third kappa shape index (κ3) is 3.44. The molecular formula is C12H19N3OS. The summed E-state index contributed by atoms with van der Waals surface area (Å²) < 4.78 is 0. The van der Waals surface area contributed by atoms with E-state index in [-0.39, 0.29) is 5.91 Å². The number of carbonyl (C=O) groups is 1. The molecule has 0 aliphatic carbocycles. The first kappa shape index (κ1) is 12.4. The fraction of sp³-hybridized carbons (Fsp3) is 0.583. The highest BCUT2D eigenvalue weighted by atomic mass is 32.1. The Bertz CT molecular complexity index is 372. The van der Waals surface area contributed by atoms with Gasteiger partial charge in [-0.2, -0.15) is 0 Å². The molecule has 2 rings (SSSR count). The van der Waals surface area contributed by atoms with Gasteiger partial charge < -0.3 is 16.0 Å². The first-order valence-electron chi connectivity index (χ1n) is 6.07. The lowest BCUT2D eigenvalue weighted by atomic mass is 10.1. The Labute approximate surface area is 106 Å². The molecule has 0 saturated carbocycles.